The third kappa shape index (κ3) is 3.06. The van der Waals surface area contributed by atoms with E-state index in [1.807, 2.05) is 0 Å². The number of nitrogens with zero attached hydrogens (tertiary/aromatic N) is 2. The predicted molar refractivity (Wildman–Crippen MR) is 83.7 cm³/mol. The fraction of sp³-hybridized carbons (Fsp3) is 0.444. The Labute approximate surface area is 139 Å². The highest BCUT2D eigenvalue weighted by Crippen LogP contribution is 2.34. The summed E-state index contributed by atoms with van der Waals surface area (Å²) < 4.78 is 18.5. The molecule has 0 radical (unpaired) electrons. The molecule has 126 valence electrons. The van der Waals surface area contributed by atoms with Crippen LogP contribution in [-0.2, 0) is 6.42 Å². The monoisotopic (exact) mass is 330 g/mol. The van der Waals surface area contributed by atoms with Crippen molar-refractivity contribution in [3.63, 3.8) is 0 Å². The summed E-state index contributed by atoms with van der Waals surface area (Å²) in [5.41, 5.74) is 1.08. The summed E-state index contributed by atoms with van der Waals surface area (Å²) in [6.07, 6.45) is 4.39. The van der Waals surface area contributed by atoms with Crippen molar-refractivity contribution >= 4 is 5.91 Å². The average molecular weight is 330 g/mol. The molecule has 1 N–H and O–H groups in total. The molecule has 1 saturated heterocycles. The highest BCUT2D eigenvalue weighted by molar-refractivity contribution is 5.92. The van der Waals surface area contributed by atoms with Crippen LogP contribution >= 0.6 is 0 Å². The van der Waals surface area contributed by atoms with E-state index >= 15 is 0 Å². The number of aromatic nitrogens is 1. The lowest BCUT2D eigenvalue weighted by atomic mass is 10.0. The fourth-order valence-corrected chi connectivity index (χ4v) is 3.26. The molecule has 24 heavy (non-hydrogen) atoms. The van der Waals surface area contributed by atoms with Crippen molar-refractivity contribution in [1.82, 2.24) is 9.88 Å². The second-order valence-electron chi connectivity index (χ2n) is 6.69. The summed E-state index contributed by atoms with van der Waals surface area (Å²) in [7, 11) is 0. The summed E-state index contributed by atoms with van der Waals surface area (Å²) in [5.74, 6) is 0.647. The summed E-state index contributed by atoms with van der Waals surface area (Å²) in [6, 6.07) is 5.76. The first-order valence-corrected chi connectivity index (χ1v) is 8.29. The number of likely N-dealkylation sites (tertiary alicyclic amines) is 1. The van der Waals surface area contributed by atoms with Crippen LogP contribution < -0.4 is 0 Å². The number of aliphatic hydroxyl groups is 1. The van der Waals surface area contributed by atoms with Crippen LogP contribution in [-0.4, -0.2) is 33.5 Å². The Hall–Kier alpha value is -2.21. The maximum Gasteiger partial charge on any atom is 0.276 e. The molecule has 0 unspecified atom stereocenters. The van der Waals surface area contributed by atoms with Crippen LogP contribution in [0.15, 0.2) is 34.9 Å². The lowest BCUT2D eigenvalue weighted by Gasteiger charge is -2.23. The number of hydrogen-bond acceptors (Lipinski definition) is 4. The third-order valence-electron chi connectivity index (χ3n) is 4.73. The number of hydrogen-bond donors (Lipinski definition) is 1. The lowest BCUT2D eigenvalue weighted by molar-refractivity contribution is 0.0709. The molecule has 2 fully saturated rings. The van der Waals surface area contributed by atoms with Crippen LogP contribution in [0.2, 0.25) is 0 Å². The van der Waals surface area contributed by atoms with Gasteiger partial charge in [0.2, 0.25) is 0 Å². The van der Waals surface area contributed by atoms with E-state index in [-0.39, 0.29) is 30.0 Å². The molecule has 2 heterocycles. The summed E-state index contributed by atoms with van der Waals surface area (Å²) in [4.78, 5) is 18.7. The number of oxazole rings is 1. The molecular formula is C18H19FN2O3. The van der Waals surface area contributed by atoms with E-state index in [0.29, 0.717) is 18.2 Å². The van der Waals surface area contributed by atoms with E-state index in [1.54, 1.807) is 17.0 Å². The zero-order chi connectivity index (χ0) is 16.7. The Bertz CT molecular complexity index is 739. The molecule has 5 nitrogen and oxygen atoms in total. The van der Waals surface area contributed by atoms with Crippen LogP contribution in [0.25, 0.3) is 0 Å². The minimum Gasteiger partial charge on any atom is -0.448 e. The van der Waals surface area contributed by atoms with Gasteiger partial charge in [-0.3, -0.25) is 4.79 Å². The zero-order valence-electron chi connectivity index (χ0n) is 13.2. The molecule has 1 saturated carbocycles. The number of benzene rings is 1. The Morgan fingerprint density at radius 2 is 2.08 bits per heavy atom. The number of carbonyl (C=O) groups is 1. The quantitative estimate of drug-likeness (QED) is 0.936. The van der Waals surface area contributed by atoms with E-state index < -0.39 is 6.10 Å². The first-order valence-electron chi connectivity index (χ1n) is 8.29. The molecule has 1 aliphatic carbocycles. The third-order valence-corrected chi connectivity index (χ3v) is 4.73. The second-order valence-corrected chi connectivity index (χ2v) is 6.69. The molecule has 0 spiro atoms. The van der Waals surface area contributed by atoms with Crippen molar-refractivity contribution in [3.05, 3.63) is 53.5 Å². The van der Waals surface area contributed by atoms with Gasteiger partial charge in [-0.1, -0.05) is 12.1 Å². The lowest BCUT2D eigenvalue weighted by Crippen LogP contribution is -2.32. The first kappa shape index (κ1) is 15.3. The van der Waals surface area contributed by atoms with Crippen molar-refractivity contribution in [2.75, 3.05) is 6.54 Å². The molecule has 0 bridgehead atoms. The van der Waals surface area contributed by atoms with Gasteiger partial charge >= 0.3 is 0 Å². The Morgan fingerprint density at radius 1 is 1.33 bits per heavy atom. The zero-order valence-corrected chi connectivity index (χ0v) is 13.2. The summed E-state index contributed by atoms with van der Waals surface area (Å²) in [5, 5.41) is 10.0. The first-order chi connectivity index (χ1) is 11.6. The number of β-amino-alcohol motifs (C(OH)–C–C–N with tert-alkyl or cyclic N) is 1. The van der Waals surface area contributed by atoms with Gasteiger partial charge in [0.1, 0.15) is 12.1 Å². The van der Waals surface area contributed by atoms with Gasteiger partial charge in [-0.25, -0.2) is 9.37 Å². The van der Waals surface area contributed by atoms with Gasteiger partial charge in [-0.05, 0) is 42.9 Å². The molecular weight excluding hydrogens is 311 g/mol. The molecule has 2 atom stereocenters. The van der Waals surface area contributed by atoms with Crippen molar-refractivity contribution in [1.29, 1.82) is 0 Å². The number of rotatable bonds is 4. The van der Waals surface area contributed by atoms with Crippen LogP contribution in [0.5, 0.6) is 0 Å². The van der Waals surface area contributed by atoms with E-state index in [0.717, 1.165) is 12.0 Å². The molecule has 4 rings (SSSR count). The van der Waals surface area contributed by atoms with Crippen LogP contribution in [0.3, 0.4) is 0 Å². The minimum absolute atomic E-state index is 0.242. The van der Waals surface area contributed by atoms with Crippen molar-refractivity contribution in [2.45, 2.75) is 37.8 Å². The molecule has 1 aromatic heterocycles. The summed E-state index contributed by atoms with van der Waals surface area (Å²) >= 11 is 0. The molecule has 1 amide bonds. The van der Waals surface area contributed by atoms with E-state index in [2.05, 4.69) is 4.98 Å². The topological polar surface area (TPSA) is 66.6 Å². The van der Waals surface area contributed by atoms with E-state index in [9.17, 15) is 14.3 Å². The highest BCUT2D eigenvalue weighted by Gasteiger charge is 2.37. The smallest absolute Gasteiger partial charge is 0.276 e. The van der Waals surface area contributed by atoms with Gasteiger partial charge in [0.05, 0.1) is 12.1 Å². The fourth-order valence-electron chi connectivity index (χ4n) is 3.26. The SMILES string of the molecule is O=C(c1coc(CC2CC2)n1)N1C[C@@H](O)C[C@@H]1c1ccc(F)cc1. The van der Waals surface area contributed by atoms with Gasteiger partial charge in [-0.15, -0.1) is 0 Å². The minimum atomic E-state index is -0.596. The highest BCUT2D eigenvalue weighted by atomic mass is 19.1. The number of aliphatic hydroxyl groups excluding tert-OH is 1. The summed E-state index contributed by atoms with van der Waals surface area (Å²) in [6.45, 7) is 0.242. The van der Waals surface area contributed by atoms with E-state index in [4.69, 9.17) is 4.42 Å². The second kappa shape index (κ2) is 6.02. The molecule has 1 aromatic carbocycles. The van der Waals surface area contributed by atoms with Crippen LogP contribution in [0.1, 0.15) is 47.2 Å². The molecule has 1 aliphatic heterocycles. The number of halogens is 1. The standard InChI is InChI=1S/C18H19FN2O3/c19-13-5-3-12(4-6-13)16-8-14(22)9-21(16)18(23)15-10-24-17(20-15)7-11-1-2-11/h3-6,10-11,14,16,22H,1-2,7-9H2/t14-,16+/m0/s1. The van der Waals surface area contributed by atoms with Crippen molar-refractivity contribution < 1.29 is 18.7 Å². The van der Waals surface area contributed by atoms with Crippen LogP contribution in [0.4, 0.5) is 4.39 Å². The van der Waals surface area contributed by atoms with Gasteiger partial charge < -0.3 is 14.4 Å². The normalized spacial score (nSPS) is 23.7. The maximum absolute atomic E-state index is 13.1. The van der Waals surface area contributed by atoms with E-state index in [1.165, 1.54) is 31.2 Å². The Kier molecular flexibility index (Phi) is 3.84. The molecule has 2 aromatic rings. The molecule has 2 aliphatic rings. The Balaban J connectivity index is 1.54. The maximum atomic E-state index is 13.1. The average Bonchev–Trinajstić information content (AvgIpc) is 3.11. The van der Waals surface area contributed by atoms with Gasteiger partial charge in [0.25, 0.3) is 5.91 Å². The Morgan fingerprint density at radius 3 is 2.79 bits per heavy atom. The van der Waals surface area contributed by atoms with Gasteiger partial charge in [0.15, 0.2) is 11.6 Å². The van der Waals surface area contributed by atoms with Crippen molar-refractivity contribution in [3.8, 4) is 0 Å². The van der Waals surface area contributed by atoms with Crippen LogP contribution in [0, 0.1) is 11.7 Å². The van der Waals surface area contributed by atoms with Crippen molar-refractivity contribution in [2.24, 2.45) is 5.92 Å². The van der Waals surface area contributed by atoms with Gasteiger partial charge in [0, 0.05) is 13.0 Å². The largest absolute Gasteiger partial charge is 0.448 e. The number of carbonyl (C=O) groups excluding carboxylic acids is 1. The molecule has 6 heteroatoms. The predicted octanol–water partition coefficient (Wildman–Crippen LogP) is 2.71. The number of amides is 1. The van der Waals surface area contributed by atoms with Gasteiger partial charge in [-0.2, -0.15) is 0 Å².